The number of hydrogen-bond donors (Lipinski definition) is 1. The second kappa shape index (κ2) is 7.26. The van der Waals surface area contributed by atoms with Gasteiger partial charge in [0.15, 0.2) is 0 Å². The quantitative estimate of drug-likeness (QED) is 0.777. The predicted octanol–water partition coefficient (Wildman–Crippen LogP) is 1.94. The Morgan fingerprint density at radius 3 is 2.69 bits per heavy atom. The van der Waals surface area contributed by atoms with E-state index in [1.54, 1.807) is 43.1 Å². The second-order valence-corrected chi connectivity index (χ2v) is 6.13. The molecule has 0 spiro atoms. The van der Waals surface area contributed by atoms with Gasteiger partial charge in [-0.3, -0.25) is 14.8 Å². The molecule has 130 valence electrons. The molecule has 1 amide bonds. The fraction of sp³-hybridized carbons (Fsp3) is 0.211. The number of aromatic nitrogens is 4. The summed E-state index contributed by atoms with van der Waals surface area (Å²) in [5.41, 5.74) is 2.36. The van der Waals surface area contributed by atoms with Gasteiger partial charge in [0.1, 0.15) is 0 Å². The van der Waals surface area contributed by atoms with E-state index < -0.39 is 0 Å². The number of carbonyl (C=O) groups is 1. The van der Waals surface area contributed by atoms with Gasteiger partial charge in [-0.25, -0.2) is 9.97 Å². The highest BCUT2D eigenvalue weighted by atomic mass is 16.1. The van der Waals surface area contributed by atoms with Gasteiger partial charge in [0.2, 0.25) is 5.95 Å². The lowest BCUT2D eigenvalue weighted by atomic mass is 10.2. The van der Waals surface area contributed by atoms with Crippen LogP contribution in [0.25, 0.3) is 11.3 Å². The lowest BCUT2D eigenvalue weighted by Gasteiger charge is -2.17. The van der Waals surface area contributed by atoms with Crippen molar-refractivity contribution in [3.05, 3.63) is 66.9 Å². The molecule has 1 aliphatic heterocycles. The van der Waals surface area contributed by atoms with Crippen molar-refractivity contribution in [1.29, 1.82) is 0 Å². The van der Waals surface area contributed by atoms with Crippen molar-refractivity contribution in [2.75, 3.05) is 18.0 Å². The van der Waals surface area contributed by atoms with Crippen LogP contribution in [0.1, 0.15) is 16.8 Å². The highest BCUT2D eigenvalue weighted by Crippen LogP contribution is 2.21. The third kappa shape index (κ3) is 3.51. The zero-order valence-corrected chi connectivity index (χ0v) is 14.1. The molecular formula is C19H18N6O. The van der Waals surface area contributed by atoms with Crippen molar-refractivity contribution in [2.24, 2.45) is 0 Å². The monoisotopic (exact) mass is 346 g/mol. The minimum Gasteiger partial charge on any atom is -0.347 e. The van der Waals surface area contributed by atoms with E-state index in [4.69, 9.17) is 0 Å². The van der Waals surface area contributed by atoms with Crippen LogP contribution in [-0.2, 0) is 0 Å². The van der Waals surface area contributed by atoms with E-state index in [0.717, 1.165) is 24.2 Å². The Morgan fingerprint density at radius 2 is 1.92 bits per heavy atom. The summed E-state index contributed by atoms with van der Waals surface area (Å²) in [7, 11) is 0. The molecule has 0 aliphatic carbocycles. The number of nitrogens with one attached hydrogen (secondary N) is 1. The average molecular weight is 346 g/mol. The molecule has 1 atom stereocenters. The van der Waals surface area contributed by atoms with E-state index in [9.17, 15) is 4.79 Å². The number of amides is 1. The van der Waals surface area contributed by atoms with Gasteiger partial charge in [-0.2, -0.15) is 0 Å². The van der Waals surface area contributed by atoms with Crippen molar-refractivity contribution in [1.82, 2.24) is 25.3 Å². The highest BCUT2D eigenvalue weighted by molar-refractivity contribution is 5.94. The summed E-state index contributed by atoms with van der Waals surface area (Å²) in [5.74, 6) is 0.569. The molecule has 0 saturated carbocycles. The first-order valence-electron chi connectivity index (χ1n) is 8.49. The fourth-order valence-corrected chi connectivity index (χ4v) is 3.00. The first-order valence-corrected chi connectivity index (χ1v) is 8.49. The minimum absolute atomic E-state index is 0.0633. The smallest absolute Gasteiger partial charge is 0.253 e. The Morgan fingerprint density at radius 1 is 1.08 bits per heavy atom. The van der Waals surface area contributed by atoms with Crippen LogP contribution in [0.15, 0.2) is 61.3 Å². The molecule has 1 unspecified atom stereocenters. The van der Waals surface area contributed by atoms with Gasteiger partial charge in [0, 0.05) is 55.7 Å². The SMILES string of the molecule is O=C(NC1CCN(c2nccc(-c3cccnc3)n2)C1)c1cccnc1. The van der Waals surface area contributed by atoms with Gasteiger partial charge in [0.25, 0.3) is 5.91 Å². The van der Waals surface area contributed by atoms with Crippen LogP contribution in [0.2, 0.25) is 0 Å². The van der Waals surface area contributed by atoms with Crippen LogP contribution in [0.4, 0.5) is 5.95 Å². The minimum atomic E-state index is -0.102. The fourth-order valence-electron chi connectivity index (χ4n) is 3.00. The maximum Gasteiger partial charge on any atom is 0.253 e. The van der Waals surface area contributed by atoms with E-state index in [2.05, 4.69) is 30.2 Å². The molecule has 1 saturated heterocycles. The molecule has 3 aromatic heterocycles. The Kier molecular flexibility index (Phi) is 4.51. The van der Waals surface area contributed by atoms with Crippen molar-refractivity contribution in [3.8, 4) is 11.3 Å². The van der Waals surface area contributed by atoms with Gasteiger partial charge in [0.05, 0.1) is 11.3 Å². The van der Waals surface area contributed by atoms with Gasteiger partial charge in [-0.15, -0.1) is 0 Å². The lowest BCUT2D eigenvalue weighted by Crippen LogP contribution is -2.37. The third-order valence-corrected chi connectivity index (χ3v) is 4.33. The summed E-state index contributed by atoms with van der Waals surface area (Å²) in [6.07, 6.45) is 9.36. The molecule has 7 heteroatoms. The summed E-state index contributed by atoms with van der Waals surface area (Å²) in [4.78, 5) is 31.5. The van der Waals surface area contributed by atoms with E-state index in [-0.39, 0.29) is 11.9 Å². The first kappa shape index (κ1) is 16.1. The Bertz CT molecular complexity index is 887. The van der Waals surface area contributed by atoms with Crippen molar-refractivity contribution in [2.45, 2.75) is 12.5 Å². The van der Waals surface area contributed by atoms with Gasteiger partial charge < -0.3 is 10.2 Å². The summed E-state index contributed by atoms with van der Waals surface area (Å²) in [6.45, 7) is 1.48. The normalized spacial score (nSPS) is 16.5. The third-order valence-electron chi connectivity index (χ3n) is 4.33. The molecule has 26 heavy (non-hydrogen) atoms. The number of carbonyl (C=O) groups excluding carboxylic acids is 1. The van der Waals surface area contributed by atoms with Crippen LogP contribution in [0.5, 0.6) is 0 Å². The topological polar surface area (TPSA) is 83.9 Å². The first-order chi connectivity index (χ1) is 12.8. The molecule has 1 N–H and O–H groups in total. The van der Waals surface area contributed by atoms with Crippen molar-refractivity contribution in [3.63, 3.8) is 0 Å². The maximum absolute atomic E-state index is 12.3. The van der Waals surface area contributed by atoms with Crippen LogP contribution in [-0.4, -0.2) is 45.0 Å². The summed E-state index contributed by atoms with van der Waals surface area (Å²) in [5, 5.41) is 3.06. The van der Waals surface area contributed by atoms with E-state index >= 15 is 0 Å². The summed E-state index contributed by atoms with van der Waals surface area (Å²) < 4.78 is 0. The molecule has 4 rings (SSSR count). The van der Waals surface area contributed by atoms with Crippen LogP contribution in [0.3, 0.4) is 0 Å². The van der Waals surface area contributed by atoms with Crippen LogP contribution >= 0.6 is 0 Å². The molecule has 7 nitrogen and oxygen atoms in total. The van der Waals surface area contributed by atoms with Gasteiger partial charge in [-0.1, -0.05) is 0 Å². The van der Waals surface area contributed by atoms with Crippen molar-refractivity contribution < 1.29 is 4.79 Å². The Hall–Kier alpha value is -3.35. The highest BCUT2D eigenvalue weighted by Gasteiger charge is 2.26. The Balaban J connectivity index is 1.43. The molecule has 3 aromatic rings. The molecule has 0 radical (unpaired) electrons. The number of anilines is 1. The van der Waals surface area contributed by atoms with Gasteiger partial charge >= 0.3 is 0 Å². The molecule has 1 fully saturated rings. The largest absolute Gasteiger partial charge is 0.347 e. The van der Waals surface area contributed by atoms with Crippen molar-refractivity contribution >= 4 is 11.9 Å². The number of hydrogen-bond acceptors (Lipinski definition) is 6. The van der Waals surface area contributed by atoms with E-state index in [1.165, 1.54) is 0 Å². The number of nitrogens with zero attached hydrogens (tertiary/aromatic N) is 5. The average Bonchev–Trinajstić information content (AvgIpc) is 3.18. The number of rotatable bonds is 4. The molecule has 4 heterocycles. The zero-order chi connectivity index (χ0) is 17.8. The van der Waals surface area contributed by atoms with E-state index in [0.29, 0.717) is 18.1 Å². The maximum atomic E-state index is 12.3. The molecule has 0 aromatic carbocycles. The number of pyridine rings is 2. The Labute approximate surface area is 151 Å². The summed E-state index contributed by atoms with van der Waals surface area (Å²) >= 11 is 0. The molecule has 0 bridgehead atoms. The van der Waals surface area contributed by atoms with Crippen LogP contribution < -0.4 is 10.2 Å². The standard InChI is InChI=1S/C19H18N6O/c26-18(15-4-2-8-21-12-15)23-16-6-10-25(13-16)19-22-9-5-17(24-19)14-3-1-7-20-11-14/h1-5,7-9,11-12,16H,6,10,13H2,(H,23,26). The van der Waals surface area contributed by atoms with Gasteiger partial charge in [-0.05, 0) is 36.8 Å². The van der Waals surface area contributed by atoms with Crippen LogP contribution in [0, 0.1) is 0 Å². The summed E-state index contributed by atoms with van der Waals surface area (Å²) in [6, 6.07) is 9.31. The predicted molar refractivity (Wildman–Crippen MR) is 97.6 cm³/mol. The molecule has 1 aliphatic rings. The lowest BCUT2D eigenvalue weighted by molar-refractivity contribution is 0.0940. The molecular weight excluding hydrogens is 328 g/mol. The van der Waals surface area contributed by atoms with E-state index in [1.807, 2.05) is 18.2 Å². The zero-order valence-electron chi connectivity index (χ0n) is 14.1. The second-order valence-electron chi connectivity index (χ2n) is 6.13.